The molecule has 4 rings (SSSR count). The van der Waals surface area contributed by atoms with Crippen LogP contribution in [0.2, 0.25) is 10.0 Å². The minimum Gasteiger partial charge on any atom is -0.483 e. The number of hydrogen-bond acceptors (Lipinski definition) is 4. The lowest BCUT2D eigenvalue weighted by molar-refractivity contribution is -0.118. The summed E-state index contributed by atoms with van der Waals surface area (Å²) in [5.74, 6) is -1.18. The third-order valence-electron chi connectivity index (χ3n) is 4.66. The molecular formula is C24H17Cl2N3O4. The van der Waals surface area contributed by atoms with Gasteiger partial charge in [-0.05, 0) is 60.7 Å². The molecule has 2 N–H and O–H groups in total. The summed E-state index contributed by atoms with van der Waals surface area (Å²) in [6.07, 6.45) is 1.39. The van der Waals surface area contributed by atoms with E-state index >= 15 is 0 Å². The Kier molecular flexibility index (Phi) is 6.63. The van der Waals surface area contributed by atoms with Gasteiger partial charge < -0.3 is 10.1 Å². The number of hydrogen-bond donors (Lipinski definition) is 2. The normalized spacial score (nSPS) is 14.4. The molecule has 0 spiro atoms. The summed E-state index contributed by atoms with van der Waals surface area (Å²) in [6.45, 7) is -0.295. The summed E-state index contributed by atoms with van der Waals surface area (Å²) < 4.78 is 5.64. The smallest absolute Gasteiger partial charge is 0.282 e. The van der Waals surface area contributed by atoms with Gasteiger partial charge in [0, 0.05) is 21.3 Å². The van der Waals surface area contributed by atoms with Gasteiger partial charge in [0.25, 0.3) is 17.7 Å². The molecule has 1 heterocycles. The number of anilines is 2. The Hall–Kier alpha value is -3.81. The van der Waals surface area contributed by atoms with E-state index in [2.05, 4.69) is 10.7 Å². The molecule has 3 amide bonds. The van der Waals surface area contributed by atoms with Crippen molar-refractivity contribution in [3.05, 3.63) is 94.0 Å². The molecule has 0 unspecified atom stereocenters. The zero-order valence-electron chi connectivity index (χ0n) is 17.0. The Morgan fingerprint density at radius 1 is 0.970 bits per heavy atom. The molecule has 1 aliphatic rings. The number of carbonyl (C=O) groups is 3. The van der Waals surface area contributed by atoms with Crippen LogP contribution < -0.4 is 20.5 Å². The van der Waals surface area contributed by atoms with E-state index in [1.54, 1.807) is 72.8 Å². The molecule has 7 nitrogen and oxygen atoms in total. The molecular weight excluding hydrogens is 465 g/mol. The third-order valence-corrected chi connectivity index (χ3v) is 5.15. The fourth-order valence-electron chi connectivity index (χ4n) is 3.11. The van der Waals surface area contributed by atoms with Gasteiger partial charge in [-0.25, -0.2) is 5.01 Å². The zero-order valence-corrected chi connectivity index (χ0v) is 18.6. The number of carbonyl (C=O) groups excluding carboxylic acids is 3. The van der Waals surface area contributed by atoms with E-state index in [9.17, 15) is 14.4 Å². The van der Waals surface area contributed by atoms with E-state index in [1.165, 1.54) is 11.1 Å². The van der Waals surface area contributed by atoms with Crippen LogP contribution in [0.3, 0.4) is 0 Å². The van der Waals surface area contributed by atoms with E-state index < -0.39 is 17.7 Å². The second-order valence-corrected chi connectivity index (χ2v) is 7.87. The highest BCUT2D eigenvalue weighted by molar-refractivity contribution is 6.32. The Morgan fingerprint density at radius 2 is 1.67 bits per heavy atom. The molecule has 0 aliphatic carbocycles. The molecule has 3 aromatic carbocycles. The molecule has 1 saturated heterocycles. The van der Waals surface area contributed by atoms with Crippen molar-refractivity contribution < 1.29 is 19.1 Å². The van der Waals surface area contributed by atoms with Crippen LogP contribution in [-0.4, -0.2) is 24.3 Å². The zero-order chi connectivity index (χ0) is 23.4. The summed E-state index contributed by atoms with van der Waals surface area (Å²) in [6, 6.07) is 20.1. The molecule has 0 radical (unpaired) electrons. The van der Waals surface area contributed by atoms with Crippen molar-refractivity contribution in [2.45, 2.75) is 0 Å². The number of benzene rings is 3. The van der Waals surface area contributed by atoms with Crippen molar-refractivity contribution in [1.29, 1.82) is 0 Å². The van der Waals surface area contributed by atoms with Crippen LogP contribution in [0.1, 0.15) is 5.56 Å². The van der Waals surface area contributed by atoms with Gasteiger partial charge in [0.15, 0.2) is 6.61 Å². The predicted octanol–water partition coefficient (Wildman–Crippen LogP) is 4.47. The first-order chi connectivity index (χ1) is 15.9. The quantitative estimate of drug-likeness (QED) is 0.401. The van der Waals surface area contributed by atoms with Gasteiger partial charge in [-0.2, -0.15) is 0 Å². The van der Waals surface area contributed by atoms with Gasteiger partial charge in [0.1, 0.15) is 11.3 Å². The van der Waals surface area contributed by atoms with Crippen molar-refractivity contribution in [1.82, 2.24) is 5.43 Å². The Bertz CT molecular complexity index is 1240. The van der Waals surface area contributed by atoms with Crippen LogP contribution in [0.15, 0.2) is 78.4 Å². The number of nitrogens with zero attached hydrogens (tertiary/aromatic N) is 1. The molecule has 33 heavy (non-hydrogen) atoms. The Balaban J connectivity index is 1.51. The maximum atomic E-state index is 12.8. The standard InChI is InChI=1S/C24H17Cl2N3O4/c25-16-6-9-18(10-7-16)27-22(30)14-33-21-11-8-17(26)12-15(21)13-20-23(31)28-29(24(20)32)19-4-2-1-3-5-19/h1-13H,14H2,(H,27,30)(H,28,31). The van der Waals surface area contributed by atoms with Crippen molar-refractivity contribution >= 4 is 58.4 Å². The maximum absolute atomic E-state index is 12.8. The topological polar surface area (TPSA) is 87.7 Å². The predicted molar refractivity (Wildman–Crippen MR) is 127 cm³/mol. The van der Waals surface area contributed by atoms with Crippen LogP contribution >= 0.6 is 23.2 Å². The van der Waals surface area contributed by atoms with E-state index in [4.69, 9.17) is 27.9 Å². The number of ether oxygens (including phenoxy) is 1. The van der Waals surface area contributed by atoms with Gasteiger partial charge in [0.05, 0.1) is 5.69 Å². The van der Waals surface area contributed by atoms with Crippen LogP contribution in [0.25, 0.3) is 6.08 Å². The van der Waals surface area contributed by atoms with Gasteiger partial charge >= 0.3 is 0 Å². The highest BCUT2D eigenvalue weighted by atomic mass is 35.5. The molecule has 0 saturated carbocycles. The van der Waals surface area contributed by atoms with Crippen molar-refractivity contribution in [2.24, 2.45) is 0 Å². The number of amides is 3. The van der Waals surface area contributed by atoms with Gasteiger partial charge in [-0.15, -0.1) is 0 Å². The SMILES string of the molecule is O=C(COc1ccc(Cl)cc1C=C1C(=O)NN(c2ccccc2)C1=O)Nc1ccc(Cl)cc1. The fourth-order valence-corrected chi connectivity index (χ4v) is 3.42. The van der Waals surface area contributed by atoms with E-state index in [-0.39, 0.29) is 17.9 Å². The fraction of sp³-hybridized carbons (Fsp3) is 0.0417. The molecule has 1 aliphatic heterocycles. The molecule has 0 bridgehead atoms. The maximum Gasteiger partial charge on any atom is 0.282 e. The Labute approximate surface area is 199 Å². The number of hydrazine groups is 1. The molecule has 0 aromatic heterocycles. The Morgan fingerprint density at radius 3 is 2.39 bits per heavy atom. The van der Waals surface area contributed by atoms with Gasteiger partial charge in [-0.1, -0.05) is 41.4 Å². The largest absolute Gasteiger partial charge is 0.483 e. The number of halogens is 2. The van der Waals surface area contributed by atoms with Crippen LogP contribution in [0, 0.1) is 0 Å². The van der Waals surface area contributed by atoms with Crippen molar-refractivity contribution in [3.8, 4) is 5.75 Å². The number of para-hydroxylation sites is 1. The summed E-state index contributed by atoms with van der Waals surface area (Å²) in [4.78, 5) is 37.6. The van der Waals surface area contributed by atoms with Gasteiger partial charge in [0.2, 0.25) is 0 Å². The van der Waals surface area contributed by atoms with Crippen LogP contribution in [-0.2, 0) is 14.4 Å². The first-order valence-electron chi connectivity index (χ1n) is 9.80. The highest BCUT2D eigenvalue weighted by Gasteiger charge is 2.34. The second-order valence-electron chi connectivity index (χ2n) is 7.00. The van der Waals surface area contributed by atoms with Crippen molar-refractivity contribution in [2.75, 3.05) is 16.9 Å². The van der Waals surface area contributed by atoms with Crippen LogP contribution in [0.4, 0.5) is 11.4 Å². The van der Waals surface area contributed by atoms with Gasteiger partial charge in [-0.3, -0.25) is 19.8 Å². The lowest BCUT2D eigenvalue weighted by Crippen LogP contribution is -2.35. The lowest BCUT2D eigenvalue weighted by atomic mass is 10.1. The second kappa shape index (κ2) is 9.77. The lowest BCUT2D eigenvalue weighted by Gasteiger charge is -2.14. The average molecular weight is 482 g/mol. The third kappa shape index (κ3) is 5.34. The van der Waals surface area contributed by atoms with E-state index in [0.717, 1.165) is 0 Å². The molecule has 3 aromatic rings. The van der Waals surface area contributed by atoms with E-state index in [0.29, 0.717) is 27.0 Å². The minimum atomic E-state index is -0.560. The van der Waals surface area contributed by atoms with Crippen LogP contribution in [0.5, 0.6) is 5.75 Å². The summed E-state index contributed by atoms with van der Waals surface area (Å²) in [5.41, 5.74) is 3.93. The first-order valence-corrected chi connectivity index (χ1v) is 10.6. The average Bonchev–Trinajstić information content (AvgIpc) is 3.09. The monoisotopic (exact) mass is 481 g/mol. The van der Waals surface area contributed by atoms with Crippen molar-refractivity contribution in [3.63, 3.8) is 0 Å². The number of nitrogens with one attached hydrogen (secondary N) is 2. The minimum absolute atomic E-state index is 0.0865. The number of rotatable bonds is 6. The summed E-state index contributed by atoms with van der Waals surface area (Å²) in [5, 5.41) is 4.79. The molecule has 1 fully saturated rings. The summed E-state index contributed by atoms with van der Waals surface area (Å²) >= 11 is 12.0. The highest BCUT2D eigenvalue weighted by Crippen LogP contribution is 2.28. The first kappa shape index (κ1) is 22.4. The molecule has 9 heteroatoms. The molecule has 166 valence electrons. The molecule has 0 atom stereocenters. The van der Waals surface area contributed by atoms with E-state index in [1.807, 2.05) is 0 Å². The summed E-state index contributed by atoms with van der Waals surface area (Å²) in [7, 11) is 0.